The summed E-state index contributed by atoms with van der Waals surface area (Å²) in [7, 11) is 0. The Labute approximate surface area is 636 Å². The van der Waals surface area contributed by atoms with Crippen molar-refractivity contribution in [1.29, 1.82) is 0 Å². The summed E-state index contributed by atoms with van der Waals surface area (Å²) in [6, 6.07) is 133. The molecule has 504 valence electrons. The molecule has 0 fully saturated rings. The first-order valence-electron chi connectivity index (χ1n) is 36.0. The molecular weight excluding hydrogens is 1400 g/mol. The van der Waals surface area contributed by atoms with Crippen molar-refractivity contribution in [3.63, 3.8) is 0 Å². The minimum absolute atomic E-state index is 0.703. The molecule has 0 saturated heterocycles. The van der Waals surface area contributed by atoms with E-state index >= 15 is 0 Å². The van der Waals surface area contributed by atoms with Crippen molar-refractivity contribution >= 4 is 101 Å². The summed E-state index contributed by atoms with van der Waals surface area (Å²) in [6.45, 7) is 0. The van der Waals surface area contributed by atoms with Gasteiger partial charge in [0.25, 0.3) is 0 Å². The highest BCUT2D eigenvalue weighted by Gasteiger charge is 2.25. The predicted molar refractivity (Wildman–Crippen MR) is 455 cm³/mol. The molecule has 107 heavy (non-hydrogen) atoms. The minimum atomic E-state index is 0.703. The van der Waals surface area contributed by atoms with Crippen LogP contribution in [0, 0.1) is 0 Å². The third-order valence-electron chi connectivity index (χ3n) is 20.3. The van der Waals surface area contributed by atoms with Crippen molar-refractivity contribution in [2.24, 2.45) is 0 Å². The summed E-state index contributed by atoms with van der Waals surface area (Å²) in [5.74, 6) is 2.29. The third-order valence-corrected chi connectivity index (χ3v) is 23.3. The van der Waals surface area contributed by atoms with E-state index in [-0.39, 0.29) is 0 Å². The second-order valence-electron chi connectivity index (χ2n) is 26.9. The normalized spacial score (nSPS) is 11.6. The van der Waals surface area contributed by atoms with Crippen LogP contribution in [0.25, 0.3) is 180 Å². The Morgan fingerprint density at radius 3 is 1.14 bits per heavy atom. The first-order valence-corrected chi connectivity index (χ1v) is 38.4. The molecule has 21 rings (SSSR count). The van der Waals surface area contributed by atoms with Gasteiger partial charge in [0.15, 0.2) is 11.6 Å². The van der Waals surface area contributed by atoms with Crippen LogP contribution in [0.1, 0.15) is 11.1 Å². The van der Waals surface area contributed by atoms with E-state index < -0.39 is 0 Å². The number of nitrogens with zero attached hydrogens (tertiary/aromatic N) is 5. The molecule has 0 radical (unpaired) electrons. The van der Waals surface area contributed by atoms with Crippen molar-refractivity contribution in [2.45, 2.75) is 6.42 Å². The summed E-state index contributed by atoms with van der Waals surface area (Å²) in [5.41, 5.74) is 25.9. The Balaban J connectivity index is 0.000000118. The standard InChI is InChI=1S/C46H29N3S.C31H20S.C22H15BrN2/c1-5-13-30(14-6-1)34-21-25-41-38(27-34)36-23-24-37-39-28-35(31-15-7-2-8-16-31)22-26-42(39)50-45(37)44(36)49(41)43-29-40(32-17-9-3-10-18-32)47-46(48-43)33-19-11-4-12-20-33;1-3-7-20(8-4-1)22-11-12-24-19-29-25(27(24)17-22)14-15-26-28-18-23(21-9-5-2-6-10-21)13-16-30(28)32-31(26)29;23-19-13-11-17(12-14-19)21-15-20(16-7-3-1-4-8-16)24-22(25-21)18-9-5-2-6-10-18/h1-29H;1-18H,19H2;1-15H. The molecule has 5 aromatic heterocycles. The largest absolute Gasteiger partial charge is 0.292 e. The van der Waals surface area contributed by atoms with E-state index in [1.165, 1.54) is 123 Å². The van der Waals surface area contributed by atoms with Gasteiger partial charge < -0.3 is 0 Å². The van der Waals surface area contributed by atoms with Gasteiger partial charge >= 0.3 is 0 Å². The van der Waals surface area contributed by atoms with Crippen LogP contribution in [0.15, 0.2) is 381 Å². The maximum atomic E-state index is 5.32. The minimum Gasteiger partial charge on any atom is -0.292 e. The van der Waals surface area contributed by atoms with Crippen LogP contribution in [0.4, 0.5) is 0 Å². The molecular formula is C99H64BrN5S2. The van der Waals surface area contributed by atoms with Gasteiger partial charge in [-0.3, -0.25) is 4.57 Å². The lowest BCUT2D eigenvalue weighted by Gasteiger charge is -2.12. The predicted octanol–water partition coefficient (Wildman–Crippen LogP) is 27.8. The second-order valence-corrected chi connectivity index (χ2v) is 29.9. The van der Waals surface area contributed by atoms with Gasteiger partial charge in [0.05, 0.1) is 32.8 Å². The van der Waals surface area contributed by atoms with Crippen LogP contribution in [-0.4, -0.2) is 24.5 Å². The number of thiophene rings is 2. The molecule has 5 nitrogen and oxygen atoms in total. The molecule has 0 unspecified atom stereocenters. The molecule has 15 aromatic carbocycles. The third kappa shape index (κ3) is 12.7. The van der Waals surface area contributed by atoms with Crippen LogP contribution in [0.5, 0.6) is 0 Å². The van der Waals surface area contributed by atoms with E-state index in [1.54, 1.807) is 0 Å². The van der Waals surface area contributed by atoms with E-state index in [9.17, 15) is 0 Å². The lowest BCUT2D eigenvalue weighted by molar-refractivity contribution is 1.05. The van der Waals surface area contributed by atoms with Gasteiger partial charge in [-0.25, -0.2) is 19.9 Å². The van der Waals surface area contributed by atoms with Crippen molar-refractivity contribution in [1.82, 2.24) is 24.5 Å². The summed E-state index contributed by atoms with van der Waals surface area (Å²) >= 11 is 7.29. The van der Waals surface area contributed by atoms with Crippen LogP contribution >= 0.6 is 38.6 Å². The first-order chi connectivity index (χ1) is 52.9. The fraction of sp³-hybridized carbons (Fsp3) is 0.0101. The number of benzene rings is 15. The molecule has 0 aliphatic heterocycles. The highest BCUT2D eigenvalue weighted by atomic mass is 79.9. The number of halogens is 1. The molecule has 1 aliphatic carbocycles. The molecule has 8 heteroatoms. The maximum Gasteiger partial charge on any atom is 0.162 e. The van der Waals surface area contributed by atoms with Gasteiger partial charge in [-0.15, -0.1) is 22.7 Å². The van der Waals surface area contributed by atoms with Crippen LogP contribution in [0.3, 0.4) is 0 Å². The van der Waals surface area contributed by atoms with E-state index in [4.69, 9.17) is 19.9 Å². The smallest absolute Gasteiger partial charge is 0.162 e. The molecule has 0 N–H and O–H groups in total. The SMILES string of the molecule is Brc1ccc(-c2cc(-c3ccccc3)nc(-c3ccccc3)n2)cc1.c1ccc(-c2ccc3c(c2)-c2ccc4c(sc5ccc(-c6ccccc6)cc54)c2C3)cc1.c1ccc(-c2ccc3sc4c(ccc5c6cc(-c7ccccc7)ccc6n(-c6cc(-c7ccccc7)nc(-c7ccccc7)n6)c54)c3c2)cc1. The van der Waals surface area contributed by atoms with Crippen LogP contribution < -0.4 is 0 Å². The van der Waals surface area contributed by atoms with Gasteiger partial charge in [0.2, 0.25) is 0 Å². The summed E-state index contributed by atoms with van der Waals surface area (Å²) in [5, 5.41) is 7.69. The zero-order valence-electron chi connectivity index (χ0n) is 57.9. The number of rotatable bonds is 10. The van der Waals surface area contributed by atoms with Gasteiger partial charge in [0.1, 0.15) is 5.82 Å². The quantitative estimate of drug-likeness (QED) is 0.137. The highest BCUT2D eigenvalue weighted by Crippen LogP contribution is 2.49. The fourth-order valence-electron chi connectivity index (χ4n) is 15.0. The molecule has 20 aromatic rings. The lowest BCUT2D eigenvalue weighted by atomic mass is 9.98. The van der Waals surface area contributed by atoms with Gasteiger partial charge in [0, 0.05) is 91.2 Å². The average Bonchev–Trinajstić information content (AvgIpc) is 1.55. The number of fused-ring (bicyclic) bond motifs is 14. The zero-order chi connectivity index (χ0) is 71.2. The lowest BCUT2D eigenvalue weighted by Crippen LogP contribution is -2.02. The van der Waals surface area contributed by atoms with Crippen LogP contribution in [-0.2, 0) is 6.42 Å². The van der Waals surface area contributed by atoms with E-state index in [1.807, 2.05) is 114 Å². The Morgan fingerprint density at radius 2 is 0.636 bits per heavy atom. The van der Waals surface area contributed by atoms with Crippen molar-refractivity contribution in [2.75, 3.05) is 0 Å². The highest BCUT2D eigenvalue weighted by molar-refractivity contribution is 9.10. The molecule has 0 bridgehead atoms. The number of aromatic nitrogens is 5. The van der Waals surface area contributed by atoms with E-state index in [2.05, 4.69) is 306 Å². The Hall–Kier alpha value is -12.8. The molecule has 0 atom stereocenters. The molecule has 0 spiro atoms. The number of hydrogen-bond acceptors (Lipinski definition) is 6. The first kappa shape index (κ1) is 65.0. The summed E-state index contributed by atoms with van der Waals surface area (Å²) in [6.07, 6.45) is 1.02. The average molecular weight is 1470 g/mol. The van der Waals surface area contributed by atoms with Gasteiger partial charge in [-0.1, -0.05) is 325 Å². The summed E-state index contributed by atoms with van der Waals surface area (Å²) < 4.78 is 8.76. The number of hydrogen-bond donors (Lipinski definition) is 0. The van der Waals surface area contributed by atoms with E-state index in [0.29, 0.717) is 5.82 Å². The van der Waals surface area contributed by atoms with E-state index in [0.717, 1.165) is 73.0 Å². The monoisotopic (exact) mass is 1470 g/mol. The maximum absolute atomic E-state index is 5.32. The Kier molecular flexibility index (Phi) is 17.2. The fourth-order valence-corrected chi connectivity index (χ4v) is 17.7. The molecule has 0 amide bonds. The Bertz CT molecular complexity index is 6550. The van der Waals surface area contributed by atoms with Gasteiger partial charge in [-0.2, -0.15) is 0 Å². The molecule has 0 saturated carbocycles. The summed E-state index contributed by atoms with van der Waals surface area (Å²) in [4.78, 5) is 20.0. The molecule has 5 heterocycles. The topological polar surface area (TPSA) is 56.5 Å². The zero-order valence-corrected chi connectivity index (χ0v) is 61.2. The Morgan fingerprint density at radius 1 is 0.262 bits per heavy atom. The van der Waals surface area contributed by atoms with Crippen molar-refractivity contribution in [3.8, 4) is 118 Å². The second kappa shape index (κ2) is 28.3. The van der Waals surface area contributed by atoms with Crippen molar-refractivity contribution in [3.05, 3.63) is 392 Å². The van der Waals surface area contributed by atoms with Crippen LogP contribution in [0.2, 0.25) is 0 Å². The van der Waals surface area contributed by atoms with Crippen molar-refractivity contribution < 1.29 is 0 Å². The molecule has 1 aliphatic rings. The van der Waals surface area contributed by atoms with Gasteiger partial charge in [-0.05, 0) is 127 Å².